The molecular weight excluding hydrogens is 214 g/mol. The molecule has 4 nitrogen and oxygen atoms in total. The lowest BCUT2D eigenvalue weighted by Crippen LogP contribution is -2.47. The van der Waals surface area contributed by atoms with Gasteiger partial charge in [0.15, 0.2) is 0 Å². The summed E-state index contributed by atoms with van der Waals surface area (Å²) in [5, 5.41) is 0. The lowest BCUT2D eigenvalue weighted by molar-refractivity contribution is -0.133. The molecule has 2 aliphatic heterocycles. The van der Waals surface area contributed by atoms with E-state index in [-0.39, 0.29) is 11.9 Å². The van der Waals surface area contributed by atoms with Gasteiger partial charge in [-0.25, -0.2) is 0 Å². The van der Waals surface area contributed by atoms with Gasteiger partial charge in [-0.3, -0.25) is 9.69 Å². The Balaban J connectivity index is 1.93. The SMILES string of the molecule is CCC[C@H](N)C(=O)N1CCCN2CCCC2C1. The molecule has 0 bridgehead atoms. The zero-order chi connectivity index (χ0) is 12.3. The van der Waals surface area contributed by atoms with Crippen molar-refractivity contribution in [1.82, 2.24) is 9.80 Å². The summed E-state index contributed by atoms with van der Waals surface area (Å²) in [5.41, 5.74) is 5.94. The number of hydrogen-bond acceptors (Lipinski definition) is 3. The molecule has 2 saturated heterocycles. The Labute approximate surface area is 104 Å². The molecule has 0 aliphatic carbocycles. The van der Waals surface area contributed by atoms with E-state index in [1.54, 1.807) is 0 Å². The number of carbonyl (C=O) groups excluding carboxylic acids is 1. The number of nitrogens with two attached hydrogens (primary N) is 1. The van der Waals surface area contributed by atoms with Gasteiger partial charge in [-0.15, -0.1) is 0 Å². The van der Waals surface area contributed by atoms with Gasteiger partial charge < -0.3 is 10.6 Å². The van der Waals surface area contributed by atoms with Crippen LogP contribution in [0, 0.1) is 0 Å². The second kappa shape index (κ2) is 5.83. The number of rotatable bonds is 3. The zero-order valence-electron chi connectivity index (χ0n) is 10.9. The van der Waals surface area contributed by atoms with Crippen molar-refractivity contribution in [2.45, 2.75) is 51.1 Å². The molecule has 17 heavy (non-hydrogen) atoms. The van der Waals surface area contributed by atoms with E-state index in [2.05, 4.69) is 11.8 Å². The molecule has 2 rings (SSSR count). The minimum atomic E-state index is -0.284. The molecule has 1 amide bonds. The molecule has 0 radical (unpaired) electrons. The molecule has 4 heteroatoms. The molecule has 0 spiro atoms. The Morgan fingerprint density at radius 2 is 2.12 bits per heavy atom. The van der Waals surface area contributed by atoms with Gasteiger partial charge in [0.2, 0.25) is 5.91 Å². The number of nitrogens with zero attached hydrogens (tertiary/aromatic N) is 2. The van der Waals surface area contributed by atoms with Crippen LogP contribution in [0.3, 0.4) is 0 Å². The average molecular weight is 239 g/mol. The molecule has 2 N–H and O–H groups in total. The molecular formula is C13H25N3O. The van der Waals surface area contributed by atoms with Crippen molar-refractivity contribution in [3.05, 3.63) is 0 Å². The highest BCUT2D eigenvalue weighted by atomic mass is 16.2. The molecule has 2 heterocycles. The molecule has 2 aliphatic rings. The van der Waals surface area contributed by atoms with E-state index in [4.69, 9.17) is 5.73 Å². The van der Waals surface area contributed by atoms with Gasteiger partial charge in [-0.1, -0.05) is 13.3 Å². The molecule has 0 saturated carbocycles. The first kappa shape index (κ1) is 12.8. The fourth-order valence-electron chi connectivity index (χ4n) is 3.08. The Bertz CT molecular complexity index is 269. The number of fused-ring (bicyclic) bond motifs is 1. The summed E-state index contributed by atoms with van der Waals surface area (Å²) >= 11 is 0. The van der Waals surface area contributed by atoms with E-state index >= 15 is 0 Å². The van der Waals surface area contributed by atoms with E-state index < -0.39 is 0 Å². The van der Waals surface area contributed by atoms with Crippen molar-refractivity contribution in [2.24, 2.45) is 5.73 Å². The maximum absolute atomic E-state index is 12.2. The van der Waals surface area contributed by atoms with Crippen molar-refractivity contribution in [2.75, 3.05) is 26.2 Å². The number of hydrogen-bond donors (Lipinski definition) is 1. The summed E-state index contributed by atoms with van der Waals surface area (Å²) in [5.74, 6) is 0.167. The predicted octanol–water partition coefficient (Wildman–Crippen LogP) is 0.811. The summed E-state index contributed by atoms with van der Waals surface area (Å²) in [7, 11) is 0. The topological polar surface area (TPSA) is 49.6 Å². The Kier molecular flexibility index (Phi) is 4.40. The summed E-state index contributed by atoms with van der Waals surface area (Å²) in [6, 6.07) is 0.309. The minimum Gasteiger partial charge on any atom is -0.340 e. The quantitative estimate of drug-likeness (QED) is 0.793. The molecule has 0 aromatic carbocycles. The Morgan fingerprint density at radius 1 is 1.35 bits per heavy atom. The van der Waals surface area contributed by atoms with Gasteiger partial charge in [0, 0.05) is 25.7 Å². The first-order valence-corrected chi connectivity index (χ1v) is 7.00. The molecule has 98 valence electrons. The van der Waals surface area contributed by atoms with Crippen molar-refractivity contribution < 1.29 is 4.79 Å². The van der Waals surface area contributed by atoms with Crippen LogP contribution in [-0.4, -0.2) is 54.0 Å². The predicted molar refractivity (Wildman–Crippen MR) is 68.7 cm³/mol. The van der Waals surface area contributed by atoms with Crippen LogP contribution in [0.2, 0.25) is 0 Å². The van der Waals surface area contributed by atoms with Gasteiger partial charge in [-0.2, -0.15) is 0 Å². The fraction of sp³-hybridized carbons (Fsp3) is 0.923. The van der Waals surface area contributed by atoms with Crippen molar-refractivity contribution >= 4 is 5.91 Å². The van der Waals surface area contributed by atoms with Gasteiger partial charge in [0.25, 0.3) is 0 Å². The summed E-state index contributed by atoms with van der Waals surface area (Å²) < 4.78 is 0. The third-order valence-electron chi connectivity index (χ3n) is 4.03. The third kappa shape index (κ3) is 2.99. The largest absolute Gasteiger partial charge is 0.340 e. The number of amides is 1. The van der Waals surface area contributed by atoms with Crippen LogP contribution in [0.4, 0.5) is 0 Å². The summed E-state index contributed by atoms with van der Waals surface area (Å²) in [6.07, 6.45) is 5.42. The van der Waals surface area contributed by atoms with Crippen LogP contribution in [0.1, 0.15) is 39.0 Å². The molecule has 0 aromatic heterocycles. The smallest absolute Gasteiger partial charge is 0.239 e. The first-order valence-electron chi connectivity index (χ1n) is 7.00. The first-order chi connectivity index (χ1) is 8.22. The third-order valence-corrected chi connectivity index (χ3v) is 4.03. The van der Waals surface area contributed by atoms with Crippen LogP contribution in [0.25, 0.3) is 0 Å². The second-order valence-electron chi connectivity index (χ2n) is 5.36. The van der Waals surface area contributed by atoms with Crippen LogP contribution < -0.4 is 5.73 Å². The lowest BCUT2D eigenvalue weighted by atomic mass is 10.1. The van der Waals surface area contributed by atoms with Crippen molar-refractivity contribution in [3.8, 4) is 0 Å². The van der Waals surface area contributed by atoms with E-state index in [9.17, 15) is 4.79 Å². The fourth-order valence-corrected chi connectivity index (χ4v) is 3.08. The lowest BCUT2D eigenvalue weighted by Gasteiger charge is -2.27. The van der Waals surface area contributed by atoms with E-state index in [1.807, 2.05) is 4.90 Å². The molecule has 2 atom stereocenters. The summed E-state index contributed by atoms with van der Waals surface area (Å²) in [4.78, 5) is 16.8. The summed E-state index contributed by atoms with van der Waals surface area (Å²) in [6.45, 7) is 6.24. The van der Waals surface area contributed by atoms with Crippen LogP contribution in [-0.2, 0) is 4.79 Å². The Morgan fingerprint density at radius 3 is 2.88 bits per heavy atom. The normalized spacial score (nSPS) is 27.6. The molecule has 0 aromatic rings. The van der Waals surface area contributed by atoms with E-state index in [1.165, 1.54) is 19.4 Å². The minimum absolute atomic E-state index is 0.167. The van der Waals surface area contributed by atoms with Crippen molar-refractivity contribution in [3.63, 3.8) is 0 Å². The maximum atomic E-state index is 12.2. The number of carbonyl (C=O) groups is 1. The Hall–Kier alpha value is -0.610. The maximum Gasteiger partial charge on any atom is 0.239 e. The second-order valence-corrected chi connectivity index (χ2v) is 5.36. The average Bonchev–Trinajstić information content (AvgIpc) is 2.66. The van der Waals surface area contributed by atoms with Crippen LogP contribution >= 0.6 is 0 Å². The van der Waals surface area contributed by atoms with Crippen molar-refractivity contribution in [1.29, 1.82) is 0 Å². The van der Waals surface area contributed by atoms with Gasteiger partial charge in [0.05, 0.1) is 6.04 Å². The molecule has 1 unspecified atom stereocenters. The monoisotopic (exact) mass is 239 g/mol. The highest BCUT2D eigenvalue weighted by Crippen LogP contribution is 2.21. The van der Waals surface area contributed by atoms with E-state index in [0.29, 0.717) is 6.04 Å². The standard InChI is InChI=1S/C13H25N3O/c1-2-5-12(14)13(17)16-9-4-8-15-7-3-6-11(15)10-16/h11-12H,2-10,14H2,1H3/t11?,12-/m0/s1. The van der Waals surface area contributed by atoms with Gasteiger partial charge in [-0.05, 0) is 32.2 Å². The van der Waals surface area contributed by atoms with Gasteiger partial charge in [0.1, 0.15) is 0 Å². The van der Waals surface area contributed by atoms with Gasteiger partial charge >= 0.3 is 0 Å². The van der Waals surface area contributed by atoms with E-state index in [0.717, 1.165) is 38.9 Å². The highest BCUT2D eigenvalue weighted by Gasteiger charge is 2.31. The van der Waals surface area contributed by atoms with Crippen LogP contribution in [0.5, 0.6) is 0 Å². The van der Waals surface area contributed by atoms with Crippen LogP contribution in [0.15, 0.2) is 0 Å². The highest BCUT2D eigenvalue weighted by molar-refractivity contribution is 5.81. The molecule has 2 fully saturated rings. The zero-order valence-corrected chi connectivity index (χ0v) is 10.9.